The lowest BCUT2D eigenvalue weighted by Crippen LogP contribution is -2.61. The summed E-state index contributed by atoms with van der Waals surface area (Å²) in [6, 6.07) is 0. The third-order valence-electron chi connectivity index (χ3n) is 13.8. The predicted octanol–water partition coefficient (Wildman–Crippen LogP) is 1.80. The molecule has 42 heavy (non-hydrogen) atoms. The zero-order valence-electron chi connectivity index (χ0n) is 24.8. The molecule has 0 spiro atoms. The molecule has 8 N–H and O–H groups in total. The third-order valence-corrected chi connectivity index (χ3v) is 14.9. The van der Waals surface area contributed by atoms with Crippen LogP contribution in [0, 0.1) is 47.3 Å². The number of fused-ring (bicyclic) bond motifs is 20. The van der Waals surface area contributed by atoms with Gasteiger partial charge in [0.2, 0.25) is 0 Å². The minimum absolute atomic E-state index is 0. The Morgan fingerprint density at radius 2 is 0.571 bits per heavy atom. The van der Waals surface area contributed by atoms with Crippen LogP contribution in [0.3, 0.4) is 0 Å². The number of rotatable bonds is 0. The summed E-state index contributed by atoms with van der Waals surface area (Å²) >= 11 is 4.20. The molecule has 4 saturated carbocycles. The largest absolute Gasteiger partial charge is 0.286 e. The van der Waals surface area contributed by atoms with Gasteiger partial charge in [-0.05, 0) is 92.8 Å². The first-order valence-corrected chi connectivity index (χ1v) is 18.9. The van der Waals surface area contributed by atoms with Crippen molar-refractivity contribution in [2.45, 2.75) is 150 Å². The zero-order valence-corrected chi connectivity index (χ0v) is 26.4. The minimum atomic E-state index is 0. The van der Waals surface area contributed by atoms with Gasteiger partial charge in [0.25, 0.3) is 0 Å². The van der Waals surface area contributed by atoms with E-state index < -0.39 is 0 Å². The minimum Gasteiger partial charge on any atom is -0.286 e. The normalized spacial score (nSPS) is 56.9. The molecule has 5 heterocycles. The zero-order chi connectivity index (χ0) is 27.1. The molecule has 17 atom stereocenters. The lowest BCUT2D eigenvalue weighted by Gasteiger charge is -2.37. The Labute approximate surface area is 272 Å². The van der Waals surface area contributed by atoms with Crippen molar-refractivity contribution in [3.8, 4) is 0 Å². The van der Waals surface area contributed by atoms with Crippen LogP contribution < -0.4 is 42.5 Å². The van der Waals surface area contributed by atoms with Gasteiger partial charge in [-0.25, -0.2) is 0 Å². The topological polar surface area (TPSA) is 96.2 Å². The Morgan fingerprint density at radius 3 is 0.905 bits per heavy atom. The van der Waals surface area contributed by atoms with Gasteiger partial charge in [-0.1, -0.05) is 60.9 Å². The SMILES string of the molecule is BrC1CCCC2C3NC4NC(NC5NC(NC6NC(NC(N3)C12)C1CCCCC61)C1CCCCC51)C1CCCCC41.[AlH3]. The smallest absolute Gasteiger partial charge is 0.187 e. The quantitative estimate of drug-likeness (QED) is 0.147. The summed E-state index contributed by atoms with van der Waals surface area (Å²) in [4.78, 5) is 0.592. The van der Waals surface area contributed by atoms with Crippen molar-refractivity contribution in [3.05, 3.63) is 0 Å². The van der Waals surface area contributed by atoms with E-state index in [0.29, 0.717) is 66.0 Å². The highest BCUT2D eigenvalue weighted by Crippen LogP contribution is 2.46. The first kappa shape index (κ1) is 30.1. The van der Waals surface area contributed by atoms with Crippen molar-refractivity contribution in [2.75, 3.05) is 0 Å². The molecule has 8 nitrogen and oxygen atoms in total. The summed E-state index contributed by atoms with van der Waals surface area (Å²) in [5, 5.41) is 33.8. The van der Waals surface area contributed by atoms with E-state index in [1.165, 1.54) is 96.3 Å². The standard InChI is InChI=1S/C32H55BrN8.Al.3H/c33-23-15-7-14-22-24(23)32-40-30-21-13-6-5-12-20(21)28(38-30)36-26-17-9-2-1-8-16(17)25(34-26)35-27-18-10-3-4-11-19(18)29(37-27)39-31(22)41-32;;;;/h16-32,34-41H,1-15H2;;;;. The fourth-order valence-electron chi connectivity index (χ4n) is 12.0. The molecule has 8 bridgehead atoms. The summed E-state index contributed by atoms with van der Waals surface area (Å²) in [6.45, 7) is 0. The molecular weight excluding hydrogens is 603 g/mol. The Balaban J connectivity index is 0.00000267. The summed E-state index contributed by atoms with van der Waals surface area (Å²) in [5.74, 6) is 5.69. The van der Waals surface area contributed by atoms with Crippen LogP contribution in [0.5, 0.6) is 0 Å². The van der Waals surface area contributed by atoms with Crippen LogP contribution in [-0.2, 0) is 0 Å². The van der Waals surface area contributed by atoms with Gasteiger partial charge in [-0.2, -0.15) is 0 Å². The number of hydrogen-bond donors (Lipinski definition) is 8. The molecule has 0 aromatic carbocycles. The average Bonchev–Trinajstić information content (AvgIpc) is 3.73. The highest BCUT2D eigenvalue weighted by atomic mass is 79.9. The molecule has 9 fully saturated rings. The van der Waals surface area contributed by atoms with E-state index >= 15 is 0 Å². The number of nitrogens with one attached hydrogen (secondary N) is 8. The molecule has 17 unspecified atom stereocenters. The van der Waals surface area contributed by atoms with Crippen LogP contribution >= 0.6 is 15.9 Å². The van der Waals surface area contributed by atoms with Gasteiger partial charge in [-0.15, -0.1) is 0 Å². The fraction of sp³-hybridized carbons (Fsp3) is 1.00. The monoisotopic (exact) mass is 660 g/mol. The molecule has 9 rings (SSSR count). The molecule has 9 aliphatic rings. The van der Waals surface area contributed by atoms with E-state index in [0.717, 1.165) is 35.5 Å². The van der Waals surface area contributed by atoms with E-state index in [9.17, 15) is 0 Å². The summed E-state index contributed by atoms with van der Waals surface area (Å²) < 4.78 is 0. The maximum absolute atomic E-state index is 4.26. The molecule has 0 aromatic heterocycles. The van der Waals surface area contributed by atoms with E-state index in [1.54, 1.807) is 0 Å². The van der Waals surface area contributed by atoms with Crippen molar-refractivity contribution in [2.24, 2.45) is 47.3 Å². The predicted molar refractivity (Wildman–Crippen MR) is 175 cm³/mol. The van der Waals surface area contributed by atoms with Crippen LogP contribution in [-0.4, -0.2) is 71.5 Å². The number of hydrogen-bond acceptors (Lipinski definition) is 8. The second-order valence-electron chi connectivity index (χ2n) is 15.7. The van der Waals surface area contributed by atoms with Crippen molar-refractivity contribution in [3.63, 3.8) is 0 Å². The van der Waals surface area contributed by atoms with Gasteiger partial charge in [0.15, 0.2) is 17.4 Å². The Kier molecular flexibility index (Phi) is 8.85. The van der Waals surface area contributed by atoms with Gasteiger partial charge < -0.3 is 0 Å². The lowest BCUT2D eigenvalue weighted by molar-refractivity contribution is 0.169. The average molecular weight is 662 g/mol. The fourth-order valence-corrected chi connectivity index (χ4v) is 13.0. The van der Waals surface area contributed by atoms with Crippen molar-refractivity contribution in [1.82, 2.24) is 42.5 Å². The van der Waals surface area contributed by atoms with Crippen LogP contribution in [0.25, 0.3) is 0 Å². The molecule has 10 heteroatoms. The maximum Gasteiger partial charge on any atom is 0.187 e. The summed E-state index contributed by atoms with van der Waals surface area (Å²) in [5.41, 5.74) is 0. The van der Waals surface area contributed by atoms with Crippen molar-refractivity contribution >= 4 is 33.3 Å². The van der Waals surface area contributed by atoms with Gasteiger partial charge in [0.05, 0.1) is 49.3 Å². The number of alkyl halides is 1. The molecule has 0 radical (unpaired) electrons. The lowest BCUT2D eigenvalue weighted by atomic mass is 9.76. The first-order chi connectivity index (χ1) is 20.2. The molecule has 236 valence electrons. The van der Waals surface area contributed by atoms with Gasteiger partial charge in [0, 0.05) is 10.7 Å². The van der Waals surface area contributed by atoms with Crippen LogP contribution in [0.2, 0.25) is 0 Å². The first-order valence-electron chi connectivity index (χ1n) is 17.9. The molecular formula is C32H58AlBrN8. The third kappa shape index (κ3) is 5.14. The summed E-state index contributed by atoms with van der Waals surface area (Å²) in [6.07, 6.45) is 23.7. The molecule has 4 aliphatic carbocycles. The molecule has 0 amide bonds. The van der Waals surface area contributed by atoms with Crippen LogP contribution in [0.4, 0.5) is 0 Å². The summed E-state index contributed by atoms with van der Waals surface area (Å²) in [7, 11) is 0. The number of halogens is 1. The molecule has 5 aliphatic heterocycles. The Hall–Kier alpha value is 0.692. The van der Waals surface area contributed by atoms with Gasteiger partial charge >= 0.3 is 0 Å². The van der Waals surface area contributed by atoms with E-state index in [1.807, 2.05) is 0 Å². The van der Waals surface area contributed by atoms with Crippen LogP contribution in [0.1, 0.15) is 96.3 Å². The van der Waals surface area contributed by atoms with E-state index in [2.05, 4.69) is 58.5 Å². The van der Waals surface area contributed by atoms with Crippen LogP contribution in [0.15, 0.2) is 0 Å². The van der Waals surface area contributed by atoms with Crippen molar-refractivity contribution in [1.29, 1.82) is 0 Å². The van der Waals surface area contributed by atoms with E-state index in [4.69, 9.17) is 0 Å². The second kappa shape index (κ2) is 12.4. The van der Waals surface area contributed by atoms with Gasteiger partial charge in [0.1, 0.15) is 0 Å². The maximum atomic E-state index is 4.26. The highest BCUT2D eigenvalue weighted by Gasteiger charge is 2.55. The van der Waals surface area contributed by atoms with E-state index in [-0.39, 0.29) is 17.4 Å². The molecule has 0 aromatic rings. The Morgan fingerprint density at radius 1 is 0.310 bits per heavy atom. The molecule has 5 saturated heterocycles. The van der Waals surface area contributed by atoms with Gasteiger partial charge in [-0.3, -0.25) is 42.5 Å². The van der Waals surface area contributed by atoms with Crippen molar-refractivity contribution < 1.29 is 0 Å². The highest BCUT2D eigenvalue weighted by molar-refractivity contribution is 9.09. The second-order valence-corrected chi connectivity index (χ2v) is 16.9. The Bertz CT molecular complexity index is 959.